The predicted octanol–water partition coefficient (Wildman–Crippen LogP) is 4.06. The molecule has 2 aromatic carbocycles. The van der Waals surface area contributed by atoms with Crippen LogP contribution < -0.4 is 9.64 Å². The van der Waals surface area contributed by atoms with Gasteiger partial charge in [0.15, 0.2) is 0 Å². The number of carbonyl (C=O) groups is 1. The molecule has 0 atom stereocenters. The molecule has 0 spiro atoms. The molecule has 1 aliphatic rings. The van der Waals surface area contributed by atoms with Crippen LogP contribution in [0.5, 0.6) is 11.5 Å². The quantitative estimate of drug-likeness (QED) is 0.808. The summed E-state index contributed by atoms with van der Waals surface area (Å²) in [5.41, 5.74) is 2.12. The predicted molar refractivity (Wildman–Crippen MR) is 99.2 cm³/mol. The first-order valence-corrected chi connectivity index (χ1v) is 8.58. The Labute approximate surface area is 147 Å². The van der Waals surface area contributed by atoms with Crippen molar-refractivity contribution in [2.24, 2.45) is 4.99 Å². The van der Waals surface area contributed by atoms with Gasteiger partial charge in [0.1, 0.15) is 11.5 Å². The van der Waals surface area contributed by atoms with Crippen molar-refractivity contribution in [2.45, 2.75) is 26.2 Å². The Bertz CT molecular complexity index is 786. The minimum Gasteiger partial charge on any atom is -0.507 e. The van der Waals surface area contributed by atoms with E-state index < -0.39 is 0 Å². The second-order valence-corrected chi connectivity index (χ2v) is 5.96. The summed E-state index contributed by atoms with van der Waals surface area (Å²) in [5.74, 6) is 0.884. The van der Waals surface area contributed by atoms with Gasteiger partial charge < -0.3 is 14.7 Å². The Morgan fingerprint density at radius 1 is 1.28 bits per heavy atom. The van der Waals surface area contributed by atoms with Crippen LogP contribution in [0.25, 0.3) is 0 Å². The Morgan fingerprint density at radius 2 is 2.12 bits per heavy atom. The first-order chi connectivity index (χ1) is 12.2. The van der Waals surface area contributed by atoms with Crippen molar-refractivity contribution >= 4 is 23.5 Å². The van der Waals surface area contributed by atoms with Gasteiger partial charge in [-0.2, -0.15) is 0 Å². The van der Waals surface area contributed by atoms with Crippen molar-refractivity contribution in [1.82, 2.24) is 0 Å². The first kappa shape index (κ1) is 17.0. The fraction of sp³-hybridized carbons (Fsp3) is 0.300. The fourth-order valence-corrected chi connectivity index (χ4v) is 2.79. The maximum atomic E-state index is 12.0. The van der Waals surface area contributed by atoms with Crippen LogP contribution in [0.2, 0.25) is 0 Å². The highest BCUT2D eigenvalue weighted by Gasteiger charge is 2.23. The largest absolute Gasteiger partial charge is 0.507 e. The van der Waals surface area contributed by atoms with E-state index in [1.165, 1.54) is 0 Å². The molecule has 0 aliphatic carbocycles. The molecule has 0 saturated carbocycles. The Balaban J connectivity index is 1.82. The molecular formula is C20H22N2O3. The summed E-state index contributed by atoms with van der Waals surface area (Å²) in [7, 11) is 0. The number of hydrogen-bond acceptors (Lipinski definition) is 4. The number of hydrogen-bond donors (Lipinski definition) is 1. The third-order valence-corrected chi connectivity index (χ3v) is 4.06. The molecule has 3 rings (SSSR count). The van der Waals surface area contributed by atoms with Crippen molar-refractivity contribution in [3.05, 3.63) is 48.0 Å². The average molecular weight is 338 g/mol. The molecule has 1 saturated heterocycles. The number of phenols is 1. The van der Waals surface area contributed by atoms with Crippen molar-refractivity contribution in [1.29, 1.82) is 0 Å². The summed E-state index contributed by atoms with van der Waals surface area (Å²) in [5, 5.41) is 10.2. The summed E-state index contributed by atoms with van der Waals surface area (Å²) in [6.07, 6.45) is 3.98. The van der Waals surface area contributed by atoms with Crippen LogP contribution in [-0.2, 0) is 4.79 Å². The van der Waals surface area contributed by atoms with Gasteiger partial charge in [-0.15, -0.1) is 0 Å². The van der Waals surface area contributed by atoms with Crippen LogP contribution in [-0.4, -0.2) is 30.4 Å². The third kappa shape index (κ3) is 3.99. The number of nitrogens with zero attached hydrogens (tertiary/aromatic N) is 2. The van der Waals surface area contributed by atoms with Crippen LogP contribution in [0.1, 0.15) is 31.7 Å². The maximum absolute atomic E-state index is 12.0. The van der Waals surface area contributed by atoms with Gasteiger partial charge in [-0.05, 0) is 37.1 Å². The second-order valence-electron chi connectivity index (χ2n) is 5.96. The summed E-state index contributed by atoms with van der Waals surface area (Å²) < 4.78 is 5.50. The lowest BCUT2D eigenvalue weighted by molar-refractivity contribution is -0.117. The van der Waals surface area contributed by atoms with Crippen LogP contribution in [0.3, 0.4) is 0 Å². The molecule has 2 aromatic rings. The van der Waals surface area contributed by atoms with Crippen LogP contribution in [0, 0.1) is 0 Å². The zero-order valence-electron chi connectivity index (χ0n) is 14.3. The van der Waals surface area contributed by atoms with E-state index in [9.17, 15) is 9.90 Å². The third-order valence-electron chi connectivity index (χ3n) is 4.06. The highest BCUT2D eigenvalue weighted by atomic mass is 16.5. The van der Waals surface area contributed by atoms with Crippen molar-refractivity contribution in [3.63, 3.8) is 0 Å². The lowest BCUT2D eigenvalue weighted by Gasteiger charge is -2.17. The summed E-state index contributed by atoms with van der Waals surface area (Å²) >= 11 is 0. The second kappa shape index (κ2) is 7.83. The molecule has 25 heavy (non-hydrogen) atoms. The topological polar surface area (TPSA) is 62.1 Å². The molecule has 5 nitrogen and oxygen atoms in total. The molecule has 1 amide bonds. The molecule has 1 N–H and O–H groups in total. The maximum Gasteiger partial charge on any atom is 0.227 e. The Hall–Kier alpha value is -2.82. The van der Waals surface area contributed by atoms with E-state index in [-0.39, 0.29) is 11.7 Å². The number of aromatic hydroxyl groups is 1. The van der Waals surface area contributed by atoms with Gasteiger partial charge in [-0.3, -0.25) is 9.79 Å². The zero-order valence-corrected chi connectivity index (χ0v) is 14.3. The smallest absolute Gasteiger partial charge is 0.227 e. The van der Waals surface area contributed by atoms with Crippen LogP contribution in [0.4, 0.5) is 11.4 Å². The van der Waals surface area contributed by atoms with Gasteiger partial charge in [0, 0.05) is 30.8 Å². The van der Waals surface area contributed by atoms with Gasteiger partial charge in [-0.25, -0.2) is 0 Å². The summed E-state index contributed by atoms with van der Waals surface area (Å²) in [6, 6.07) is 12.7. The zero-order chi connectivity index (χ0) is 17.6. The highest BCUT2D eigenvalue weighted by molar-refractivity contribution is 5.98. The number of benzene rings is 2. The van der Waals surface area contributed by atoms with Gasteiger partial charge in [0.2, 0.25) is 5.91 Å². The molecule has 0 aromatic heterocycles. The molecule has 1 heterocycles. The van der Waals surface area contributed by atoms with Gasteiger partial charge >= 0.3 is 0 Å². The summed E-state index contributed by atoms with van der Waals surface area (Å²) in [4.78, 5) is 18.3. The molecule has 0 bridgehead atoms. The number of ether oxygens (including phenoxy) is 1. The van der Waals surface area contributed by atoms with Crippen molar-refractivity contribution < 1.29 is 14.6 Å². The number of aliphatic imine (C=N–C) groups is 1. The molecule has 1 aliphatic heterocycles. The van der Waals surface area contributed by atoms with E-state index in [0.717, 1.165) is 25.1 Å². The van der Waals surface area contributed by atoms with E-state index >= 15 is 0 Å². The minimum atomic E-state index is 0.118. The molecule has 5 heteroatoms. The molecule has 0 radical (unpaired) electrons. The number of amides is 1. The van der Waals surface area contributed by atoms with E-state index in [2.05, 4.69) is 4.99 Å². The Morgan fingerprint density at radius 3 is 2.84 bits per heavy atom. The fourth-order valence-electron chi connectivity index (χ4n) is 2.79. The molecule has 0 unspecified atom stereocenters. The highest BCUT2D eigenvalue weighted by Crippen LogP contribution is 2.32. The van der Waals surface area contributed by atoms with E-state index in [1.54, 1.807) is 23.2 Å². The van der Waals surface area contributed by atoms with E-state index in [0.29, 0.717) is 30.0 Å². The minimum absolute atomic E-state index is 0.118. The molecule has 1 fully saturated rings. The lowest BCUT2D eigenvalue weighted by atomic mass is 10.2. The van der Waals surface area contributed by atoms with E-state index in [1.807, 2.05) is 37.3 Å². The van der Waals surface area contributed by atoms with Crippen LogP contribution >= 0.6 is 0 Å². The first-order valence-electron chi connectivity index (χ1n) is 8.58. The summed E-state index contributed by atoms with van der Waals surface area (Å²) in [6.45, 7) is 3.37. The SMILES string of the molecule is CCCOc1ccc(C=Nc2ccccc2N2CCCC2=O)c(O)c1. The lowest BCUT2D eigenvalue weighted by Crippen LogP contribution is -2.23. The van der Waals surface area contributed by atoms with Gasteiger partial charge in [-0.1, -0.05) is 19.1 Å². The number of anilines is 1. The van der Waals surface area contributed by atoms with Crippen molar-refractivity contribution in [2.75, 3.05) is 18.1 Å². The molecular weight excluding hydrogens is 316 g/mol. The van der Waals surface area contributed by atoms with E-state index in [4.69, 9.17) is 4.74 Å². The standard InChI is InChI=1S/C20H22N2O3/c1-2-12-25-16-10-9-15(19(23)13-16)14-21-17-6-3-4-7-18(17)22-11-5-8-20(22)24/h3-4,6-7,9-10,13-14,23H,2,5,8,11-12H2,1H3. The normalized spacial score (nSPS) is 14.4. The number of para-hydroxylation sites is 2. The number of rotatable bonds is 6. The molecule has 130 valence electrons. The Kier molecular flexibility index (Phi) is 5.33. The van der Waals surface area contributed by atoms with Crippen molar-refractivity contribution in [3.8, 4) is 11.5 Å². The van der Waals surface area contributed by atoms with Gasteiger partial charge in [0.05, 0.1) is 18.0 Å². The van der Waals surface area contributed by atoms with Crippen LogP contribution in [0.15, 0.2) is 47.5 Å². The average Bonchev–Trinajstić information content (AvgIpc) is 3.05. The monoisotopic (exact) mass is 338 g/mol. The number of carbonyl (C=O) groups excluding carboxylic acids is 1. The number of phenolic OH excluding ortho intramolecular Hbond substituents is 1. The van der Waals surface area contributed by atoms with Gasteiger partial charge in [0.25, 0.3) is 0 Å².